The Hall–Kier alpha value is -2.90. The number of piperazine rings is 1. The average Bonchev–Trinajstić information content (AvgIpc) is 3.12. The standard InChI is InChI=1S/C24H26ClFN4O2/c1-17-22(23(25)30(27-17)20-7-5-19(26)6-8-20)24(31)29-15-13-28(14-16-29)12-11-18-3-9-21(32-2)10-4-18/h3-10H,11-16H2,1-2H3. The molecule has 2 heterocycles. The number of carbonyl (C=O) groups excluding carboxylic acids is 1. The number of carbonyl (C=O) groups is 1. The van der Waals surface area contributed by atoms with Gasteiger partial charge in [-0.1, -0.05) is 23.7 Å². The Labute approximate surface area is 192 Å². The van der Waals surface area contributed by atoms with E-state index in [-0.39, 0.29) is 16.9 Å². The van der Waals surface area contributed by atoms with Crippen molar-refractivity contribution in [2.75, 3.05) is 39.8 Å². The minimum atomic E-state index is -0.338. The van der Waals surface area contributed by atoms with Crippen LogP contribution >= 0.6 is 11.6 Å². The summed E-state index contributed by atoms with van der Waals surface area (Å²) < 4.78 is 19.9. The number of ether oxygens (including phenoxy) is 1. The van der Waals surface area contributed by atoms with Crippen LogP contribution in [0.25, 0.3) is 5.69 Å². The fourth-order valence-electron chi connectivity index (χ4n) is 3.91. The third-order valence-corrected chi connectivity index (χ3v) is 6.17. The van der Waals surface area contributed by atoms with Gasteiger partial charge in [0.15, 0.2) is 0 Å². The second kappa shape index (κ2) is 9.71. The highest BCUT2D eigenvalue weighted by molar-refractivity contribution is 6.33. The molecule has 1 amide bonds. The summed E-state index contributed by atoms with van der Waals surface area (Å²) in [7, 11) is 1.66. The molecule has 1 fully saturated rings. The predicted molar refractivity (Wildman–Crippen MR) is 122 cm³/mol. The van der Waals surface area contributed by atoms with E-state index in [2.05, 4.69) is 22.1 Å². The number of benzene rings is 2. The van der Waals surface area contributed by atoms with Gasteiger partial charge in [0.05, 0.1) is 24.1 Å². The molecule has 3 aromatic rings. The normalized spacial score (nSPS) is 14.6. The van der Waals surface area contributed by atoms with Gasteiger partial charge < -0.3 is 9.64 Å². The van der Waals surface area contributed by atoms with E-state index in [9.17, 15) is 9.18 Å². The zero-order valence-electron chi connectivity index (χ0n) is 18.2. The Kier molecular flexibility index (Phi) is 6.77. The molecule has 1 aromatic heterocycles. The first-order valence-corrected chi connectivity index (χ1v) is 11.0. The van der Waals surface area contributed by atoms with E-state index < -0.39 is 0 Å². The number of rotatable bonds is 6. The zero-order valence-corrected chi connectivity index (χ0v) is 19.0. The van der Waals surface area contributed by atoms with Gasteiger partial charge in [0.25, 0.3) is 5.91 Å². The molecular formula is C24H26ClFN4O2. The van der Waals surface area contributed by atoms with Crippen LogP contribution < -0.4 is 4.74 Å². The first kappa shape index (κ1) is 22.3. The molecule has 8 heteroatoms. The molecule has 0 radical (unpaired) electrons. The molecule has 1 aliphatic heterocycles. The van der Waals surface area contributed by atoms with E-state index in [1.165, 1.54) is 22.4 Å². The number of halogens is 2. The minimum Gasteiger partial charge on any atom is -0.497 e. The maximum atomic E-state index is 13.2. The molecule has 0 bridgehead atoms. The summed E-state index contributed by atoms with van der Waals surface area (Å²) >= 11 is 6.53. The summed E-state index contributed by atoms with van der Waals surface area (Å²) in [5, 5.41) is 4.66. The van der Waals surface area contributed by atoms with Crippen LogP contribution in [0.2, 0.25) is 5.15 Å². The van der Waals surface area contributed by atoms with Crippen LogP contribution in [0.4, 0.5) is 4.39 Å². The number of nitrogens with zero attached hydrogens (tertiary/aromatic N) is 4. The topological polar surface area (TPSA) is 50.6 Å². The van der Waals surface area contributed by atoms with Crippen LogP contribution in [0.15, 0.2) is 48.5 Å². The lowest BCUT2D eigenvalue weighted by molar-refractivity contribution is 0.0638. The van der Waals surface area contributed by atoms with E-state index in [1.54, 1.807) is 26.2 Å². The number of hydrogen-bond donors (Lipinski definition) is 0. The maximum Gasteiger partial charge on any atom is 0.258 e. The molecule has 4 rings (SSSR count). The summed E-state index contributed by atoms with van der Waals surface area (Å²) in [5.74, 6) is 0.406. The van der Waals surface area contributed by atoms with Gasteiger partial charge in [-0.25, -0.2) is 9.07 Å². The van der Waals surface area contributed by atoms with Gasteiger partial charge >= 0.3 is 0 Å². The summed E-state index contributed by atoms with van der Waals surface area (Å²) in [4.78, 5) is 17.4. The van der Waals surface area contributed by atoms with Crippen LogP contribution in [-0.4, -0.2) is 65.3 Å². The van der Waals surface area contributed by atoms with Gasteiger partial charge in [-0.2, -0.15) is 5.10 Å². The van der Waals surface area contributed by atoms with Gasteiger partial charge in [0.2, 0.25) is 0 Å². The van der Waals surface area contributed by atoms with Gasteiger partial charge in [0, 0.05) is 32.7 Å². The van der Waals surface area contributed by atoms with Crippen LogP contribution in [-0.2, 0) is 6.42 Å². The van der Waals surface area contributed by atoms with E-state index in [0.717, 1.165) is 31.8 Å². The summed E-state index contributed by atoms with van der Waals surface area (Å²) in [6.07, 6.45) is 0.952. The summed E-state index contributed by atoms with van der Waals surface area (Å²) in [5.41, 5.74) is 2.84. The molecule has 0 spiro atoms. The second-order valence-electron chi connectivity index (χ2n) is 7.87. The van der Waals surface area contributed by atoms with Crippen molar-refractivity contribution in [2.24, 2.45) is 0 Å². The van der Waals surface area contributed by atoms with E-state index in [1.807, 2.05) is 17.0 Å². The van der Waals surface area contributed by atoms with Crippen molar-refractivity contribution in [1.82, 2.24) is 19.6 Å². The monoisotopic (exact) mass is 456 g/mol. The van der Waals surface area contributed by atoms with Crippen LogP contribution in [0, 0.1) is 12.7 Å². The molecule has 1 aliphatic rings. The molecule has 1 saturated heterocycles. The van der Waals surface area contributed by atoms with Crippen molar-refractivity contribution < 1.29 is 13.9 Å². The Bertz CT molecular complexity index is 1070. The van der Waals surface area contributed by atoms with Crippen LogP contribution in [0.5, 0.6) is 5.75 Å². The highest BCUT2D eigenvalue weighted by atomic mass is 35.5. The van der Waals surface area contributed by atoms with Crippen LogP contribution in [0.1, 0.15) is 21.6 Å². The van der Waals surface area contributed by atoms with Crippen LogP contribution in [0.3, 0.4) is 0 Å². The molecule has 2 aromatic carbocycles. The van der Waals surface area contributed by atoms with Gasteiger partial charge in [-0.15, -0.1) is 0 Å². The molecule has 0 aliphatic carbocycles. The van der Waals surface area contributed by atoms with Crippen molar-refractivity contribution in [2.45, 2.75) is 13.3 Å². The van der Waals surface area contributed by atoms with Crippen molar-refractivity contribution in [3.63, 3.8) is 0 Å². The van der Waals surface area contributed by atoms with Crippen molar-refractivity contribution in [3.8, 4) is 11.4 Å². The first-order valence-electron chi connectivity index (χ1n) is 10.6. The third-order valence-electron chi connectivity index (χ3n) is 5.82. The Balaban J connectivity index is 1.36. The lowest BCUT2D eigenvalue weighted by Gasteiger charge is -2.34. The van der Waals surface area contributed by atoms with E-state index in [0.29, 0.717) is 30.0 Å². The number of hydrogen-bond acceptors (Lipinski definition) is 4. The number of aromatic nitrogens is 2. The molecule has 6 nitrogen and oxygen atoms in total. The number of methoxy groups -OCH3 is 1. The number of amides is 1. The Morgan fingerprint density at radius 1 is 1.06 bits per heavy atom. The zero-order chi connectivity index (χ0) is 22.7. The fraction of sp³-hybridized carbons (Fsp3) is 0.333. The second-order valence-corrected chi connectivity index (χ2v) is 8.23. The van der Waals surface area contributed by atoms with E-state index in [4.69, 9.17) is 16.3 Å². The van der Waals surface area contributed by atoms with Crippen molar-refractivity contribution >= 4 is 17.5 Å². The highest BCUT2D eigenvalue weighted by Crippen LogP contribution is 2.25. The largest absolute Gasteiger partial charge is 0.497 e. The molecule has 0 saturated carbocycles. The van der Waals surface area contributed by atoms with Crippen molar-refractivity contribution in [3.05, 3.63) is 76.3 Å². The van der Waals surface area contributed by atoms with Gasteiger partial charge in [-0.3, -0.25) is 9.69 Å². The van der Waals surface area contributed by atoms with E-state index >= 15 is 0 Å². The Morgan fingerprint density at radius 3 is 2.34 bits per heavy atom. The maximum absolute atomic E-state index is 13.2. The summed E-state index contributed by atoms with van der Waals surface area (Å²) in [6.45, 7) is 5.61. The lowest BCUT2D eigenvalue weighted by Crippen LogP contribution is -2.49. The predicted octanol–water partition coefficient (Wildman–Crippen LogP) is 3.98. The molecule has 0 unspecified atom stereocenters. The van der Waals surface area contributed by atoms with Crippen molar-refractivity contribution in [1.29, 1.82) is 0 Å². The highest BCUT2D eigenvalue weighted by Gasteiger charge is 2.28. The molecule has 32 heavy (non-hydrogen) atoms. The lowest BCUT2D eigenvalue weighted by atomic mass is 10.1. The third kappa shape index (κ3) is 4.79. The quantitative estimate of drug-likeness (QED) is 0.563. The molecular weight excluding hydrogens is 431 g/mol. The average molecular weight is 457 g/mol. The SMILES string of the molecule is COc1ccc(CCN2CCN(C(=O)c3c(C)nn(-c4ccc(F)cc4)c3Cl)CC2)cc1. The molecule has 0 N–H and O–H groups in total. The molecule has 168 valence electrons. The fourth-order valence-corrected chi connectivity index (χ4v) is 4.26. The van der Waals surface area contributed by atoms with Gasteiger partial charge in [0.1, 0.15) is 16.7 Å². The number of aryl methyl sites for hydroxylation is 1. The summed E-state index contributed by atoms with van der Waals surface area (Å²) in [6, 6.07) is 14.0. The Morgan fingerprint density at radius 2 is 1.72 bits per heavy atom. The first-order chi connectivity index (χ1) is 15.5. The molecule has 0 atom stereocenters. The van der Waals surface area contributed by atoms with Gasteiger partial charge in [-0.05, 0) is 55.3 Å². The smallest absolute Gasteiger partial charge is 0.258 e. The minimum absolute atomic E-state index is 0.115.